The Hall–Kier alpha value is -1.06. The number of rotatable bonds is 3. The van der Waals surface area contributed by atoms with Crippen LogP contribution >= 0.6 is 12.4 Å². The lowest BCUT2D eigenvalue weighted by atomic mass is 10.1. The van der Waals surface area contributed by atoms with Crippen molar-refractivity contribution in [1.82, 2.24) is 0 Å². The summed E-state index contributed by atoms with van der Waals surface area (Å²) in [4.78, 5) is 11.4. The number of nitrogens with two attached hydrogens (primary N) is 1. The van der Waals surface area contributed by atoms with Gasteiger partial charge in [0.15, 0.2) is 0 Å². The van der Waals surface area contributed by atoms with Crippen molar-refractivity contribution in [2.45, 2.75) is 26.8 Å². The maximum absolute atomic E-state index is 11.4. The highest BCUT2D eigenvalue weighted by Gasteiger charge is 2.06. The van der Waals surface area contributed by atoms with E-state index in [1.807, 2.05) is 45.0 Å². The molecule has 0 spiro atoms. The van der Waals surface area contributed by atoms with Gasteiger partial charge in [0.05, 0.1) is 0 Å². The molecule has 1 aromatic carbocycles. The van der Waals surface area contributed by atoms with Gasteiger partial charge in [-0.05, 0) is 24.6 Å². The zero-order valence-electron chi connectivity index (χ0n) is 9.86. The quantitative estimate of drug-likeness (QED) is 0.856. The van der Waals surface area contributed by atoms with Gasteiger partial charge in [0.1, 0.15) is 0 Å². The standard InChI is InChI=1S/C12H18N2O.ClH/c1-8(2)12(15)14-11-6-4-10(5-7-11)9(3)13;/h4-9H,13H2,1-3H3,(H,14,15);1H. The molecular formula is C12H19ClN2O. The minimum atomic E-state index is -0.00175. The highest BCUT2D eigenvalue weighted by Crippen LogP contribution is 2.14. The van der Waals surface area contributed by atoms with E-state index in [0.717, 1.165) is 11.3 Å². The molecule has 0 fully saturated rings. The average molecular weight is 243 g/mol. The predicted molar refractivity (Wildman–Crippen MR) is 69.8 cm³/mol. The highest BCUT2D eigenvalue weighted by atomic mass is 35.5. The molecule has 0 saturated carbocycles. The predicted octanol–water partition coefficient (Wildman–Crippen LogP) is 2.72. The number of hydrogen-bond donors (Lipinski definition) is 2. The number of amides is 1. The van der Waals surface area contributed by atoms with Crippen LogP contribution in [0.25, 0.3) is 0 Å². The van der Waals surface area contributed by atoms with Gasteiger partial charge in [-0.2, -0.15) is 0 Å². The Morgan fingerprint density at radius 3 is 2.06 bits per heavy atom. The molecule has 1 amide bonds. The summed E-state index contributed by atoms with van der Waals surface area (Å²) in [5.41, 5.74) is 7.61. The molecule has 0 bridgehead atoms. The van der Waals surface area contributed by atoms with Crippen LogP contribution in [0.4, 0.5) is 5.69 Å². The van der Waals surface area contributed by atoms with E-state index in [1.165, 1.54) is 0 Å². The molecule has 3 N–H and O–H groups in total. The van der Waals surface area contributed by atoms with E-state index in [9.17, 15) is 4.79 Å². The molecule has 1 aromatic rings. The fourth-order valence-corrected chi connectivity index (χ4v) is 1.16. The van der Waals surface area contributed by atoms with Crippen molar-refractivity contribution >= 4 is 24.0 Å². The summed E-state index contributed by atoms with van der Waals surface area (Å²) >= 11 is 0. The minimum absolute atomic E-state index is 0. The zero-order chi connectivity index (χ0) is 11.4. The van der Waals surface area contributed by atoms with Crippen LogP contribution in [0.5, 0.6) is 0 Å². The molecule has 0 aliphatic heterocycles. The summed E-state index contributed by atoms with van der Waals surface area (Å²) in [6.45, 7) is 5.67. The Balaban J connectivity index is 0.00000225. The first kappa shape index (κ1) is 14.9. The van der Waals surface area contributed by atoms with Gasteiger partial charge in [-0.1, -0.05) is 26.0 Å². The van der Waals surface area contributed by atoms with Crippen LogP contribution in [-0.4, -0.2) is 5.91 Å². The van der Waals surface area contributed by atoms with E-state index >= 15 is 0 Å². The van der Waals surface area contributed by atoms with Crippen molar-refractivity contribution < 1.29 is 4.79 Å². The molecule has 90 valence electrons. The smallest absolute Gasteiger partial charge is 0.226 e. The average Bonchev–Trinajstić information content (AvgIpc) is 2.18. The largest absolute Gasteiger partial charge is 0.326 e. The van der Waals surface area contributed by atoms with Crippen molar-refractivity contribution in [2.75, 3.05) is 5.32 Å². The van der Waals surface area contributed by atoms with Crippen LogP contribution in [0.1, 0.15) is 32.4 Å². The van der Waals surface area contributed by atoms with Crippen molar-refractivity contribution in [3.8, 4) is 0 Å². The number of carbonyl (C=O) groups excluding carboxylic acids is 1. The Kier molecular flexibility index (Phi) is 6.08. The van der Waals surface area contributed by atoms with Crippen molar-refractivity contribution in [3.63, 3.8) is 0 Å². The summed E-state index contributed by atoms with van der Waals surface area (Å²) in [5, 5.41) is 2.83. The van der Waals surface area contributed by atoms with E-state index in [1.54, 1.807) is 0 Å². The first-order valence-electron chi connectivity index (χ1n) is 5.17. The fraction of sp³-hybridized carbons (Fsp3) is 0.417. The molecular weight excluding hydrogens is 224 g/mol. The number of hydrogen-bond acceptors (Lipinski definition) is 2. The van der Waals surface area contributed by atoms with Gasteiger partial charge in [-0.15, -0.1) is 12.4 Å². The summed E-state index contributed by atoms with van der Waals surface area (Å²) in [7, 11) is 0. The Bertz CT molecular complexity index is 333. The van der Waals surface area contributed by atoms with E-state index < -0.39 is 0 Å². The Labute approximate surface area is 103 Å². The lowest BCUT2D eigenvalue weighted by Crippen LogP contribution is -2.17. The maximum atomic E-state index is 11.4. The fourth-order valence-electron chi connectivity index (χ4n) is 1.16. The topological polar surface area (TPSA) is 55.1 Å². The van der Waals surface area contributed by atoms with Gasteiger partial charge in [-0.3, -0.25) is 4.79 Å². The summed E-state index contributed by atoms with van der Waals surface area (Å²) in [5.74, 6) is 0.0293. The molecule has 0 heterocycles. The summed E-state index contributed by atoms with van der Waals surface area (Å²) in [6, 6.07) is 7.64. The second-order valence-electron chi connectivity index (χ2n) is 4.05. The van der Waals surface area contributed by atoms with Crippen molar-refractivity contribution in [1.29, 1.82) is 0 Å². The van der Waals surface area contributed by atoms with Crippen LogP contribution in [0.2, 0.25) is 0 Å². The van der Waals surface area contributed by atoms with E-state index in [4.69, 9.17) is 5.73 Å². The number of halogens is 1. The lowest BCUT2D eigenvalue weighted by molar-refractivity contribution is -0.118. The lowest BCUT2D eigenvalue weighted by Gasteiger charge is -2.09. The van der Waals surface area contributed by atoms with Crippen molar-refractivity contribution in [2.24, 2.45) is 11.7 Å². The van der Waals surface area contributed by atoms with Gasteiger partial charge in [0.25, 0.3) is 0 Å². The highest BCUT2D eigenvalue weighted by molar-refractivity contribution is 5.92. The van der Waals surface area contributed by atoms with Gasteiger partial charge in [0.2, 0.25) is 5.91 Å². The Morgan fingerprint density at radius 2 is 1.69 bits per heavy atom. The monoisotopic (exact) mass is 242 g/mol. The molecule has 1 rings (SSSR count). The number of nitrogens with one attached hydrogen (secondary N) is 1. The molecule has 1 atom stereocenters. The normalized spacial score (nSPS) is 11.8. The van der Waals surface area contributed by atoms with Gasteiger partial charge >= 0.3 is 0 Å². The molecule has 3 nitrogen and oxygen atoms in total. The Morgan fingerprint density at radius 1 is 1.19 bits per heavy atom. The molecule has 0 radical (unpaired) electrons. The second kappa shape index (κ2) is 6.51. The summed E-state index contributed by atoms with van der Waals surface area (Å²) in [6.07, 6.45) is 0. The molecule has 0 saturated heterocycles. The number of carbonyl (C=O) groups is 1. The summed E-state index contributed by atoms with van der Waals surface area (Å²) < 4.78 is 0. The molecule has 16 heavy (non-hydrogen) atoms. The van der Waals surface area contributed by atoms with Crippen LogP contribution in [0.3, 0.4) is 0 Å². The van der Waals surface area contributed by atoms with Crippen LogP contribution < -0.4 is 11.1 Å². The van der Waals surface area contributed by atoms with E-state index in [0.29, 0.717) is 0 Å². The van der Waals surface area contributed by atoms with Crippen molar-refractivity contribution in [3.05, 3.63) is 29.8 Å². The molecule has 0 aliphatic rings. The zero-order valence-corrected chi connectivity index (χ0v) is 10.7. The van der Waals surface area contributed by atoms with Crippen LogP contribution in [0, 0.1) is 5.92 Å². The van der Waals surface area contributed by atoms with Gasteiger partial charge in [-0.25, -0.2) is 0 Å². The maximum Gasteiger partial charge on any atom is 0.226 e. The van der Waals surface area contributed by atoms with E-state index in [-0.39, 0.29) is 30.3 Å². The second-order valence-corrected chi connectivity index (χ2v) is 4.05. The van der Waals surface area contributed by atoms with Gasteiger partial charge in [0, 0.05) is 17.6 Å². The van der Waals surface area contributed by atoms with E-state index in [2.05, 4.69) is 5.32 Å². The first-order valence-corrected chi connectivity index (χ1v) is 5.17. The third kappa shape index (κ3) is 4.21. The SMILES string of the molecule is CC(C)C(=O)Nc1ccc(C(C)N)cc1.Cl. The van der Waals surface area contributed by atoms with Crippen LogP contribution in [-0.2, 0) is 4.79 Å². The molecule has 1 unspecified atom stereocenters. The number of anilines is 1. The third-order valence-electron chi connectivity index (χ3n) is 2.23. The third-order valence-corrected chi connectivity index (χ3v) is 2.23. The molecule has 0 aromatic heterocycles. The first-order chi connectivity index (χ1) is 7.00. The number of benzene rings is 1. The minimum Gasteiger partial charge on any atom is -0.326 e. The van der Waals surface area contributed by atoms with Gasteiger partial charge < -0.3 is 11.1 Å². The van der Waals surface area contributed by atoms with Crippen LogP contribution in [0.15, 0.2) is 24.3 Å². The molecule has 0 aliphatic carbocycles. The molecule has 4 heteroatoms.